The molecule has 3 aromatic heterocycles. The number of carbonyl (C=O) groups is 3. The SMILES string of the molecule is Cc1nc2c(F)cc(-c3nc(Nc4ccc(CN5CCN(Cc6cc7c(cc6F)C(=O)N(C6CCC(=O)NC6=O)C7)CC5)cn4)ncc3F)cc2n1C(C)C. The number of nitrogens with zero attached hydrogens (tertiary/aromatic N) is 8. The lowest BCUT2D eigenvalue weighted by Gasteiger charge is -2.34. The number of anilines is 2. The number of hydrogen-bond acceptors (Lipinski definition) is 10. The molecule has 16 heteroatoms. The molecule has 13 nitrogen and oxygen atoms in total. The first-order valence-corrected chi connectivity index (χ1v) is 18.3. The highest BCUT2D eigenvalue weighted by molar-refractivity contribution is 6.05. The molecule has 0 aliphatic carbocycles. The molecule has 5 aromatic rings. The number of piperidine rings is 1. The molecule has 3 amide bonds. The number of halogens is 3. The first-order valence-electron chi connectivity index (χ1n) is 18.3. The molecular weight excluding hydrogens is 713 g/mol. The Morgan fingerprint density at radius 3 is 2.36 bits per heavy atom. The maximum atomic E-state index is 15.2. The summed E-state index contributed by atoms with van der Waals surface area (Å²) in [5.74, 6) is -1.72. The predicted molar refractivity (Wildman–Crippen MR) is 196 cm³/mol. The Morgan fingerprint density at radius 1 is 0.891 bits per heavy atom. The van der Waals surface area contributed by atoms with E-state index in [0.717, 1.165) is 24.8 Å². The number of nitrogens with one attached hydrogen (secondary N) is 2. The summed E-state index contributed by atoms with van der Waals surface area (Å²) < 4.78 is 47.2. The molecule has 1 unspecified atom stereocenters. The van der Waals surface area contributed by atoms with E-state index in [1.165, 1.54) is 17.0 Å². The summed E-state index contributed by atoms with van der Waals surface area (Å²) >= 11 is 0. The predicted octanol–water partition coefficient (Wildman–Crippen LogP) is 5.02. The highest BCUT2D eigenvalue weighted by Gasteiger charge is 2.39. The van der Waals surface area contributed by atoms with Crippen molar-refractivity contribution in [3.63, 3.8) is 0 Å². The van der Waals surface area contributed by atoms with E-state index in [2.05, 4.69) is 40.4 Å². The molecule has 2 fully saturated rings. The Kier molecular flexibility index (Phi) is 9.55. The van der Waals surface area contributed by atoms with Gasteiger partial charge < -0.3 is 14.8 Å². The van der Waals surface area contributed by atoms with Crippen molar-refractivity contribution in [3.05, 3.63) is 94.3 Å². The van der Waals surface area contributed by atoms with Gasteiger partial charge in [-0.05, 0) is 68.7 Å². The van der Waals surface area contributed by atoms with E-state index in [-0.39, 0.29) is 59.6 Å². The van der Waals surface area contributed by atoms with Gasteiger partial charge in [0.15, 0.2) is 11.6 Å². The number of fused-ring (bicyclic) bond motifs is 2. The Hall–Kier alpha value is -5.74. The number of aryl methyl sites for hydroxylation is 1. The Bertz CT molecular complexity index is 2340. The molecule has 0 saturated carbocycles. The fourth-order valence-corrected chi connectivity index (χ4v) is 7.76. The number of benzene rings is 2. The van der Waals surface area contributed by atoms with E-state index in [4.69, 9.17) is 0 Å². The lowest BCUT2D eigenvalue weighted by molar-refractivity contribution is -0.136. The van der Waals surface area contributed by atoms with Crippen molar-refractivity contribution in [2.45, 2.75) is 65.3 Å². The topological polar surface area (TPSA) is 141 Å². The van der Waals surface area contributed by atoms with Crippen molar-refractivity contribution in [1.29, 1.82) is 0 Å². The second kappa shape index (κ2) is 14.5. The zero-order valence-electron chi connectivity index (χ0n) is 30.6. The third-order valence-electron chi connectivity index (χ3n) is 10.5. The molecule has 8 rings (SSSR count). The molecule has 3 aliphatic rings. The number of imidazole rings is 1. The van der Waals surface area contributed by atoms with E-state index < -0.39 is 35.3 Å². The summed E-state index contributed by atoms with van der Waals surface area (Å²) in [5, 5.41) is 5.31. The van der Waals surface area contributed by atoms with Gasteiger partial charge in [0.2, 0.25) is 17.8 Å². The van der Waals surface area contributed by atoms with Crippen LogP contribution < -0.4 is 10.6 Å². The zero-order chi connectivity index (χ0) is 38.5. The minimum Gasteiger partial charge on any atom is -0.326 e. The number of pyridine rings is 1. The van der Waals surface area contributed by atoms with Gasteiger partial charge in [-0.15, -0.1) is 0 Å². The van der Waals surface area contributed by atoms with Crippen LogP contribution in [0.5, 0.6) is 0 Å². The van der Waals surface area contributed by atoms with Crippen LogP contribution in [0.1, 0.15) is 65.6 Å². The van der Waals surface area contributed by atoms with Crippen LogP contribution in [0, 0.1) is 24.4 Å². The van der Waals surface area contributed by atoms with Crippen LogP contribution in [0.15, 0.2) is 48.8 Å². The Balaban J connectivity index is 0.865. The largest absolute Gasteiger partial charge is 0.326 e. The van der Waals surface area contributed by atoms with Gasteiger partial charge in [-0.3, -0.25) is 29.5 Å². The molecule has 0 radical (unpaired) electrons. The van der Waals surface area contributed by atoms with Crippen LogP contribution in [-0.4, -0.2) is 89.1 Å². The van der Waals surface area contributed by atoms with Gasteiger partial charge in [0.1, 0.15) is 34.7 Å². The molecule has 2 N–H and O–H groups in total. The number of carbonyl (C=O) groups excluding carboxylic acids is 3. The third-order valence-corrected chi connectivity index (χ3v) is 10.5. The molecular formula is C39H39F3N10O3. The molecule has 0 spiro atoms. The molecule has 55 heavy (non-hydrogen) atoms. The zero-order valence-corrected chi connectivity index (χ0v) is 30.6. The fourth-order valence-electron chi connectivity index (χ4n) is 7.76. The van der Waals surface area contributed by atoms with Crippen molar-refractivity contribution in [2.24, 2.45) is 0 Å². The van der Waals surface area contributed by atoms with Crippen LogP contribution in [0.3, 0.4) is 0 Å². The Morgan fingerprint density at radius 2 is 1.65 bits per heavy atom. The minimum atomic E-state index is -0.747. The first kappa shape index (κ1) is 36.2. The number of hydrogen-bond donors (Lipinski definition) is 2. The molecule has 284 valence electrons. The van der Waals surface area contributed by atoms with Gasteiger partial charge in [-0.2, -0.15) is 0 Å². The molecule has 2 saturated heterocycles. The van der Waals surface area contributed by atoms with Crippen LogP contribution >= 0.6 is 0 Å². The van der Waals surface area contributed by atoms with Gasteiger partial charge in [0.05, 0.1) is 11.7 Å². The summed E-state index contributed by atoms with van der Waals surface area (Å²) in [6, 6.07) is 8.92. The molecule has 0 bridgehead atoms. The maximum absolute atomic E-state index is 15.2. The fraction of sp³-hybridized carbons (Fsp3) is 0.359. The summed E-state index contributed by atoms with van der Waals surface area (Å²) in [7, 11) is 0. The van der Waals surface area contributed by atoms with Crippen molar-refractivity contribution in [3.8, 4) is 11.3 Å². The van der Waals surface area contributed by atoms with E-state index in [9.17, 15) is 18.8 Å². The minimum absolute atomic E-state index is 0.0249. The van der Waals surface area contributed by atoms with E-state index in [1.807, 2.05) is 24.5 Å². The van der Waals surface area contributed by atoms with Gasteiger partial charge in [-0.25, -0.2) is 33.1 Å². The summed E-state index contributed by atoms with van der Waals surface area (Å²) in [6.07, 6.45) is 3.20. The van der Waals surface area contributed by atoms with Crippen LogP contribution in [0.25, 0.3) is 22.3 Å². The average Bonchev–Trinajstić information content (AvgIpc) is 3.66. The smallest absolute Gasteiger partial charge is 0.255 e. The summed E-state index contributed by atoms with van der Waals surface area (Å²) in [6.45, 7) is 9.93. The Labute approximate surface area is 314 Å². The number of imide groups is 1. The highest BCUT2D eigenvalue weighted by Crippen LogP contribution is 2.32. The van der Waals surface area contributed by atoms with E-state index >= 15 is 8.78 Å². The maximum Gasteiger partial charge on any atom is 0.255 e. The van der Waals surface area contributed by atoms with Crippen molar-refractivity contribution >= 4 is 40.5 Å². The number of aromatic nitrogens is 5. The average molecular weight is 753 g/mol. The van der Waals surface area contributed by atoms with Crippen LogP contribution in [0.4, 0.5) is 24.9 Å². The van der Waals surface area contributed by atoms with Crippen molar-refractivity contribution in [1.82, 2.24) is 44.5 Å². The van der Waals surface area contributed by atoms with E-state index in [0.29, 0.717) is 54.5 Å². The van der Waals surface area contributed by atoms with Crippen molar-refractivity contribution < 1.29 is 27.6 Å². The lowest BCUT2D eigenvalue weighted by Crippen LogP contribution is -2.52. The number of rotatable bonds is 9. The molecule has 6 heterocycles. The van der Waals surface area contributed by atoms with Crippen molar-refractivity contribution in [2.75, 3.05) is 31.5 Å². The van der Waals surface area contributed by atoms with Gasteiger partial charge in [0.25, 0.3) is 5.91 Å². The van der Waals surface area contributed by atoms with Crippen LogP contribution in [0.2, 0.25) is 0 Å². The summed E-state index contributed by atoms with van der Waals surface area (Å²) in [5.41, 5.74) is 3.42. The number of piperazine rings is 1. The quantitative estimate of drug-likeness (QED) is 0.197. The standard InChI is InChI=1S/C39H39F3N10O3/c1-21(2)52-22(3)45-36-29(41)13-24(14-32(36)52)35-30(42)17-44-39(48-35)46-33-6-4-23(16-43-33)18-49-8-10-50(11-9-49)19-26-12-25-20-51(38(55)27(25)15-28(26)40)31-5-7-34(53)47-37(31)54/h4,6,12-17,21,31H,5,7-11,18-20H2,1-3H3,(H,47,53,54)(H,43,44,46,48). The summed E-state index contributed by atoms with van der Waals surface area (Å²) in [4.78, 5) is 60.2. The molecule has 1 atom stereocenters. The second-order valence-electron chi connectivity index (χ2n) is 14.6. The highest BCUT2D eigenvalue weighted by atomic mass is 19.1. The normalized spacial score (nSPS) is 18.1. The molecule has 2 aromatic carbocycles. The first-order chi connectivity index (χ1) is 26.4. The van der Waals surface area contributed by atoms with Gasteiger partial charge >= 0.3 is 0 Å². The van der Waals surface area contributed by atoms with Crippen LogP contribution in [-0.2, 0) is 29.2 Å². The van der Waals surface area contributed by atoms with E-state index in [1.54, 1.807) is 31.3 Å². The third kappa shape index (κ3) is 7.14. The molecule has 3 aliphatic heterocycles. The second-order valence-corrected chi connectivity index (χ2v) is 14.6. The lowest BCUT2D eigenvalue weighted by atomic mass is 10.0. The monoisotopic (exact) mass is 752 g/mol. The van der Waals surface area contributed by atoms with Gasteiger partial charge in [-0.1, -0.05) is 6.07 Å². The number of amides is 3. The van der Waals surface area contributed by atoms with Gasteiger partial charge in [0, 0.05) is 81.2 Å².